The summed E-state index contributed by atoms with van der Waals surface area (Å²) in [7, 11) is 0. The number of tetrazole rings is 1. The molecule has 0 aliphatic heterocycles. The average molecular weight is 291 g/mol. The van der Waals surface area contributed by atoms with E-state index in [0.29, 0.717) is 35.9 Å². The Morgan fingerprint density at radius 3 is 2.95 bits per heavy atom. The van der Waals surface area contributed by atoms with E-state index in [1.54, 1.807) is 25.1 Å². The maximum absolute atomic E-state index is 10.8. The van der Waals surface area contributed by atoms with Gasteiger partial charge in [0.05, 0.1) is 17.9 Å². The van der Waals surface area contributed by atoms with Gasteiger partial charge >= 0.3 is 5.97 Å². The van der Waals surface area contributed by atoms with Crippen LogP contribution in [0.3, 0.4) is 0 Å². The number of esters is 1. The van der Waals surface area contributed by atoms with Crippen LogP contribution in [0.15, 0.2) is 18.2 Å². The highest BCUT2D eigenvalue weighted by atomic mass is 16.5. The molecule has 8 nitrogen and oxygen atoms in total. The standard InChI is InChI=1S/C13H17N5O3/c1-8(21-9(2)19)6-7-20-12-10(4-3-5-11(12)14)13-15-17-18-16-13/h3-5,8H,6-7,14H2,1-2H3,(H,15,16,17,18)/t8-/m0/s1. The number of nitrogens with zero attached hydrogens (tertiary/aromatic N) is 3. The molecule has 1 atom stereocenters. The number of anilines is 1. The van der Waals surface area contributed by atoms with Gasteiger partial charge in [0.25, 0.3) is 0 Å². The van der Waals surface area contributed by atoms with Crippen molar-refractivity contribution < 1.29 is 14.3 Å². The lowest BCUT2D eigenvalue weighted by Gasteiger charge is -2.15. The number of rotatable bonds is 6. The molecular formula is C13H17N5O3. The number of carbonyl (C=O) groups is 1. The molecule has 0 spiro atoms. The number of carbonyl (C=O) groups excluding carboxylic acids is 1. The maximum atomic E-state index is 10.8. The highest BCUT2D eigenvalue weighted by Crippen LogP contribution is 2.32. The zero-order valence-electron chi connectivity index (χ0n) is 11.9. The number of nitrogens with one attached hydrogen (secondary N) is 1. The Balaban J connectivity index is 2.05. The first-order valence-corrected chi connectivity index (χ1v) is 6.50. The molecule has 0 radical (unpaired) electrons. The van der Waals surface area contributed by atoms with Gasteiger partial charge in [-0.1, -0.05) is 6.07 Å². The van der Waals surface area contributed by atoms with Crippen molar-refractivity contribution in [2.45, 2.75) is 26.4 Å². The molecule has 0 saturated carbocycles. The van der Waals surface area contributed by atoms with Crippen molar-refractivity contribution in [1.82, 2.24) is 20.6 Å². The van der Waals surface area contributed by atoms with E-state index < -0.39 is 0 Å². The molecule has 1 aromatic carbocycles. The van der Waals surface area contributed by atoms with E-state index in [4.69, 9.17) is 15.2 Å². The summed E-state index contributed by atoms with van der Waals surface area (Å²) in [6.07, 6.45) is 0.334. The van der Waals surface area contributed by atoms with Crippen LogP contribution in [0, 0.1) is 0 Å². The Kier molecular flexibility index (Phi) is 4.70. The highest BCUT2D eigenvalue weighted by Gasteiger charge is 2.14. The van der Waals surface area contributed by atoms with Crippen molar-refractivity contribution >= 4 is 11.7 Å². The van der Waals surface area contributed by atoms with Crippen LogP contribution in [0.1, 0.15) is 20.3 Å². The normalized spacial score (nSPS) is 11.9. The smallest absolute Gasteiger partial charge is 0.302 e. The monoisotopic (exact) mass is 291 g/mol. The molecule has 21 heavy (non-hydrogen) atoms. The predicted molar refractivity (Wildman–Crippen MR) is 75.4 cm³/mol. The van der Waals surface area contributed by atoms with Crippen LogP contribution in [0.2, 0.25) is 0 Å². The van der Waals surface area contributed by atoms with E-state index in [-0.39, 0.29) is 12.1 Å². The molecule has 1 heterocycles. The van der Waals surface area contributed by atoms with Crippen LogP contribution in [-0.4, -0.2) is 39.3 Å². The number of nitrogens with two attached hydrogens (primary N) is 1. The molecule has 1 aromatic heterocycles. The number of ether oxygens (including phenoxy) is 2. The van der Waals surface area contributed by atoms with E-state index in [0.717, 1.165) is 0 Å². The van der Waals surface area contributed by atoms with Crippen LogP contribution >= 0.6 is 0 Å². The number of benzene rings is 1. The first kappa shape index (κ1) is 14.8. The predicted octanol–water partition coefficient (Wildman–Crippen LogP) is 1.17. The van der Waals surface area contributed by atoms with E-state index >= 15 is 0 Å². The van der Waals surface area contributed by atoms with Crippen molar-refractivity contribution in [1.29, 1.82) is 0 Å². The molecule has 0 saturated heterocycles. The number of nitrogen functional groups attached to an aromatic ring is 1. The second-order valence-electron chi connectivity index (χ2n) is 4.52. The van der Waals surface area contributed by atoms with Gasteiger partial charge < -0.3 is 15.2 Å². The molecule has 3 N–H and O–H groups in total. The Morgan fingerprint density at radius 1 is 1.48 bits per heavy atom. The SMILES string of the molecule is CC(=O)O[C@@H](C)CCOc1c(N)cccc1-c1nn[nH]n1. The lowest BCUT2D eigenvalue weighted by atomic mass is 10.1. The fourth-order valence-electron chi connectivity index (χ4n) is 1.84. The van der Waals surface area contributed by atoms with Crippen LogP contribution in [-0.2, 0) is 9.53 Å². The fraction of sp³-hybridized carbons (Fsp3) is 0.385. The summed E-state index contributed by atoms with van der Waals surface area (Å²) in [5, 5.41) is 13.7. The molecule has 0 aliphatic carbocycles. The van der Waals surface area contributed by atoms with Gasteiger partial charge in [0.15, 0.2) is 5.75 Å². The third-order valence-corrected chi connectivity index (χ3v) is 2.77. The fourth-order valence-corrected chi connectivity index (χ4v) is 1.84. The van der Waals surface area contributed by atoms with Gasteiger partial charge in [0.2, 0.25) is 5.82 Å². The van der Waals surface area contributed by atoms with Crippen molar-refractivity contribution in [3.05, 3.63) is 18.2 Å². The maximum Gasteiger partial charge on any atom is 0.302 e. The van der Waals surface area contributed by atoms with Crippen LogP contribution in [0.5, 0.6) is 5.75 Å². The van der Waals surface area contributed by atoms with Crippen LogP contribution in [0.25, 0.3) is 11.4 Å². The minimum atomic E-state index is -0.311. The number of hydrogen-bond acceptors (Lipinski definition) is 7. The minimum Gasteiger partial charge on any atom is -0.491 e. The molecule has 0 amide bonds. The van der Waals surface area contributed by atoms with Crippen molar-refractivity contribution in [3.8, 4) is 17.1 Å². The number of H-pyrrole nitrogens is 1. The largest absolute Gasteiger partial charge is 0.491 e. The quantitative estimate of drug-likeness (QED) is 0.606. The van der Waals surface area contributed by atoms with Gasteiger partial charge in [-0.3, -0.25) is 4.79 Å². The Hall–Kier alpha value is -2.64. The molecule has 0 unspecified atom stereocenters. The van der Waals surface area contributed by atoms with Crippen LogP contribution in [0.4, 0.5) is 5.69 Å². The van der Waals surface area contributed by atoms with Crippen LogP contribution < -0.4 is 10.5 Å². The average Bonchev–Trinajstić information content (AvgIpc) is 2.93. The second-order valence-corrected chi connectivity index (χ2v) is 4.52. The first-order valence-electron chi connectivity index (χ1n) is 6.50. The summed E-state index contributed by atoms with van der Waals surface area (Å²) >= 11 is 0. The number of aromatic amines is 1. The van der Waals surface area contributed by atoms with Crippen molar-refractivity contribution in [3.63, 3.8) is 0 Å². The summed E-state index contributed by atoms with van der Waals surface area (Å²) in [6, 6.07) is 5.32. The van der Waals surface area contributed by atoms with E-state index in [9.17, 15) is 4.79 Å². The second kappa shape index (κ2) is 6.69. The van der Waals surface area contributed by atoms with Gasteiger partial charge in [0, 0.05) is 13.3 Å². The third kappa shape index (κ3) is 3.91. The molecule has 2 aromatic rings. The van der Waals surface area contributed by atoms with Gasteiger partial charge in [-0.2, -0.15) is 5.21 Å². The van der Waals surface area contributed by atoms with Gasteiger partial charge in [-0.25, -0.2) is 0 Å². The highest BCUT2D eigenvalue weighted by molar-refractivity contribution is 5.72. The first-order chi connectivity index (χ1) is 10.1. The third-order valence-electron chi connectivity index (χ3n) is 2.77. The Bertz CT molecular complexity index is 600. The molecule has 112 valence electrons. The Morgan fingerprint density at radius 2 is 2.29 bits per heavy atom. The number of aromatic nitrogens is 4. The summed E-state index contributed by atoms with van der Waals surface area (Å²) < 4.78 is 10.7. The molecule has 0 fully saturated rings. The van der Waals surface area contributed by atoms with Crippen molar-refractivity contribution in [2.75, 3.05) is 12.3 Å². The lowest BCUT2D eigenvalue weighted by Crippen LogP contribution is -2.16. The summed E-state index contributed by atoms with van der Waals surface area (Å²) in [4.78, 5) is 10.8. The molecular weight excluding hydrogens is 274 g/mol. The zero-order chi connectivity index (χ0) is 15.2. The van der Waals surface area contributed by atoms with E-state index in [2.05, 4.69) is 20.6 Å². The summed E-state index contributed by atoms with van der Waals surface area (Å²) in [5.41, 5.74) is 7.07. The van der Waals surface area contributed by atoms with Gasteiger partial charge in [0.1, 0.15) is 6.10 Å². The zero-order valence-corrected chi connectivity index (χ0v) is 11.9. The van der Waals surface area contributed by atoms with E-state index in [1.807, 2.05) is 0 Å². The van der Waals surface area contributed by atoms with Gasteiger partial charge in [-0.05, 0) is 24.3 Å². The minimum absolute atomic E-state index is 0.221. The van der Waals surface area contributed by atoms with Crippen molar-refractivity contribution in [2.24, 2.45) is 0 Å². The molecule has 0 aliphatic rings. The number of para-hydroxylation sites is 1. The molecule has 0 bridgehead atoms. The summed E-state index contributed by atoms with van der Waals surface area (Å²) in [5.74, 6) is 0.591. The Labute approximate surface area is 121 Å². The van der Waals surface area contributed by atoms with Gasteiger partial charge in [-0.15, -0.1) is 10.2 Å². The van der Waals surface area contributed by atoms with E-state index in [1.165, 1.54) is 6.92 Å². The summed E-state index contributed by atoms with van der Waals surface area (Å²) in [6.45, 7) is 3.54. The number of hydrogen-bond donors (Lipinski definition) is 2. The lowest BCUT2D eigenvalue weighted by molar-refractivity contribution is -0.145. The topological polar surface area (TPSA) is 116 Å². The molecule has 8 heteroatoms. The molecule has 2 rings (SSSR count).